The molecule has 150 valence electrons. The molecule has 5 heteroatoms. The Bertz CT molecular complexity index is 531. The van der Waals surface area contributed by atoms with Gasteiger partial charge in [0.25, 0.3) is 10.1 Å². The van der Waals surface area contributed by atoms with Gasteiger partial charge in [0.1, 0.15) is 5.75 Å². The molecule has 0 amide bonds. The summed E-state index contributed by atoms with van der Waals surface area (Å²) in [5, 5.41) is 0. The molecular weight excluding hydrogens is 363 g/mol. The van der Waals surface area contributed by atoms with Gasteiger partial charge in [-0.1, -0.05) is 108 Å². The van der Waals surface area contributed by atoms with Gasteiger partial charge >= 0.3 is 0 Å². The van der Waals surface area contributed by atoms with Crippen LogP contribution < -0.4 is 0 Å². The average molecular weight is 401 g/mol. The Hall–Kier alpha value is -0.440. The molecule has 1 rings (SSSR count). The van der Waals surface area contributed by atoms with Crippen LogP contribution in [0.5, 0.6) is 0 Å². The fourth-order valence-corrected chi connectivity index (χ4v) is 5.26. The van der Waals surface area contributed by atoms with Crippen molar-refractivity contribution in [1.82, 2.24) is 0 Å². The van der Waals surface area contributed by atoms with E-state index in [9.17, 15) is 8.42 Å². The van der Waals surface area contributed by atoms with Crippen LogP contribution in [0.25, 0.3) is 0 Å². The topological polar surface area (TPSA) is 43.4 Å². The molecule has 0 bridgehead atoms. The van der Waals surface area contributed by atoms with Crippen molar-refractivity contribution >= 4 is 18.9 Å². The first-order valence-corrected chi connectivity index (χ1v) is 13.0. The molecule has 0 saturated carbocycles. The van der Waals surface area contributed by atoms with Gasteiger partial charge < -0.3 is 0 Å². The summed E-state index contributed by atoms with van der Waals surface area (Å²) in [5.74, 6) is -0.0285. The lowest BCUT2D eigenvalue weighted by Gasteiger charge is -2.06. The fourth-order valence-electron chi connectivity index (χ4n) is 2.98. The van der Waals surface area contributed by atoms with Crippen molar-refractivity contribution in [3.05, 3.63) is 35.9 Å². The van der Waals surface area contributed by atoms with Gasteiger partial charge in [0.05, 0.1) is 0 Å². The van der Waals surface area contributed by atoms with Crippen molar-refractivity contribution in [1.29, 1.82) is 0 Å². The summed E-state index contributed by atoms with van der Waals surface area (Å²) >= 11 is 0. The molecule has 0 heterocycles. The van der Waals surface area contributed by atoms with Crippen molar-refractivity contribution in [2.75, 3.05) is 6.16 Å². The van der Waals surface area contributed by atoms with E-state index in [0.29, 0.717) is 0 Å². The van der Waals surface area contributed by atoms with E-state index in [0.717, 1.165) is 18.1 Å². The van der Waals surface area contributed by atoms with Crippen LogP contribution >= 0.6 is 8.81 Å². The molecule has 3 nitrogen and oxygen atoms in total. The van der Waals surface area contributed by atoms with Crippen LogP contribution in [0, 0.1) is 0 Å². The highest BCUT2D eigenvalue weighted by Gasteiger charge is 2.11. The normalized spacial score (nSPS) is 12.2. The lowest BCUT2D eigenvalue weighted by Crippen LogP contribution is -2.04. The summed E-state index contributed by atoms with van der Waals surface area (Å²) in [7, 11) is -3.38. The Labute approximate surface area is 163 Å². The maximum atomic E-state index is 11.9. The monoisotopic (exact) mass is 400 g/mol. The third kappa shape index (κ3) is 13.7. The number of unbranched alkanes of at least 4 members (excludes halogenated alkanes) is 11. The molecule has 1 unspecified atom stereocenters. The smallest absolute Gasteiger partial charge is 0.251 e. The van der Waals surface area contributed by atoms with E-state index in [1.54, 1.807) is 0 Å². The second kappa shape index (κ2) is 15.6. The summed E-state index contributed by atoms with van der Waals surface area (Å²) in [4.78, 5) is 0. The molecule has 1 aromatic carbocycles. The highest BCUT2D eigenvalue weighted by molar-refractivity contribution is 7.88. The van der Waals surface area contributed by atoms with E-state index in [1.165, 1.54) is 70.6 Å². The summed E-state index contributed by atoms with van der Waals surface area (Å²) in [6.45, 7) is 2.26. The highest BCUT2D eigenvalue weighted by atomic mass is 32.2. The molecule has 0 aliphatic heterocycles. The second-order valence-electron chi connectivity index (χ2n) is 7.05. The Morgan fingerprint density at radius 2 is 1.27 bits per heavy atom. The third-order valence-electron chi connectivity index (χ3n) is 4.50. The Kier molecular flexibility index (Phi) is 14.2. The van der Waals surface area contributed by atoms with Crippen molar-refractivity contribution in [2.45, 2.75) is 89.7 Å². The molecule has 0 aliphatic carbocycles. The zero-order valence-corrected chi connectivity index (χ0v) is 18.2. The first-order valence-electron chi connectivity index (χ1n) is 10.3. The minimum absolute atomic E-state index is 0.0285. The van der Waals surface area contributed by atoms with Gasteiger partial charge in [-0.25, -0.2) is 0 Å². The van der Waals surface area contributed by atoms with Crippen LogP contribution in [-0.2, 0) is 19.8 Å². The van der Waals surface area contributed by atoms with Crippen molar-refractivity contribution in [3.63, 3.8) is 0 Å². The van der Waals surface area contributed by atoms with E-state index in [-0.39, 0.29) is 14.6 Å². The minimum Gasteiger partial charge on any atom is -0.251 e. The third-order valence-corrected chi connectivity index (χ3v) is 7.24. The predicted octanol–water partition coefficient (Wildman–Crippen LogP) is 6.83. The van der Waals surface area contributed by atoms with Crippen LogP contribution in [0.1, 0.15) is 89.5 Å². The van der Waals surface area contributed by atoms with E-state index in [4.69, 9.17) is 3.97 Å². The fraction of sp³-hybridized carbons (Fsp3) is 0.714. The maximum Gasteiger partial charge on any atom is 0.274 e. The van der Waals surface area contributed by atoms with Gasteiger partial charge in [-0.2, -0.15) is 8.42 Å². The van der Waals surface area contributed by atoms with E-state index >= 15 is 0 Å². The van der Waals surface area contributed by atoms with E-state index in [1.807, 2.05) is 30.3 Å². The Morgan fingerprint density at radius 3 is 1.81 bits per heavy atom. The molecule has 0 saturated heterocycles. The first kappa shape index (κ1) is 23.6. The second-order valence-corrected chi connectivity index (χ2v) is 9.91. The maximum absolute atomic E-state index is 11.9. The van der Waals surface area contributed by atoms with Gasteiger partial charge in [-0.3, -0.25) is 3.97 Å². The molecule has 1 atom stereocenters. The summed E-state index contributed by atoms with van der Waals surface area (Å²) in [6, 6.07) is 9.20. The van der Waals surface area contributed by atoms with Gasteiger partial charge in [0, 0.05) is 8.81 Å². The van der Waals surface area contributed by atoms with Gasteiger partial charge in [0.2, 0.25) is 0 Å². The molecule has 1 aromatic rings. The van der Waals surface area contributed by atoms with Crippen LogP contribution in [-0.4, -0.2) is 14.6 Å². The van der Waals surface area contributed by atoms with Crippen LogP contribution in [0.2, 0.25) is 0 Å². The molecule has 0 aromatic heterocycles. The van der Waals surface area contributed by atoms with Crippen molar-refractivity contribution in [2.24, 2.45) is 0 Å². The summed E-state index contributed by atoms with van der Waals surface area (Å²) in [6.07, 6.45) is 16.7. The van der Waals surface area contributed by atoms with Crippen LogP contribution in [0.4, 0.5) is 0 Å². The molecular formula is C21H37O3PS. The molecule has 0 spiro atoms. The quantitative estimate of drug-likeness (QED) is 0.213. The van der Waals surface area contributed by atoms with E-state index in [2.05, 4.69) is 6.92 Å². The Morgan fingerprint density at radius 1 is 0.769 bits per heavy atom. The lowest BCUT2D eigenvalue weighted by atomic mass is 10.1. The van der Waals surface area contributed by atoms with Crippen molar-refractivity contribution in [3.8, 4) is 0 Å². The zero-order chi connectivity index (χ0) is 18.9. The molecule has 0 radical (unpaired) electrons. The van der Waals surface area contributed by atoms with Crippen LogP contribution in [0.15, 0.2) is 30.3 Å². The van der Waals surface area contributed by atoms with Crippen LogP contribution in [0.3, 0.4) is 0 Å². The number of benzene rings is 1. The van der Waals surface area contributed by atoms with Crippen molar-refractivity contribution < 1.29 is 12.4 Å². The predicted molar refractivity (Wildman–Crippen MR) is 114 cm³/mol. The molecule has 0 N–H and O–H groups in total. The van der Waals surface area contributed by atoms with E-state index < -0.39 is 10.1 Å². The number of hydrogen-bond donors (Lipinski definition) is 0. The average Bonchev–Trinajstić information content (AvgIpc) is 2.62. The van der Waals surface area contributed by atoms with Gasteiger partial charge in [0.15, 0.2) is 0 Å². The summed E-state index contributed by atoms with van der Waals surface area (Å²) in [5.41, 5.74) is 0.780. The standard InChI is InChI=1S/C21H37O3PS/c1-2-3-4-5-6-7-8-9-10-11-12-16-19-25-24-26(22,23)20-21-17-14-13-15-18-21/h13-15,17-18,25H,2-12,16,19-20H2,1H3. The number of hydrogen-bond acceptors (Lipinski definition) is 3. The summed E-state index contributed by atoms with van der Waals surface area (Å²) < 4.78 is 28.9. The first-order chi connectivity index (χ1) is 12.6. The molecule has 26 heavy (non-hydrogen) atoms. The largest absolute Gasteiger partial charge is 0.274 e. The minimum atomic E-state index is -3.44. The van der Waals surface area contributed by atoms with Gasteiger partial charge in [-0.05, 0) is 18.1 Å². The lowest BCUT2D eigenvalue weighted by molar-refractivity contribution is 0.510. The molecule has 0 aliphatic rings. The number of rotatable bonds is 17. The SMILES string of the molecule is CCCCCCCCCCCCCCPOS(=O)(=O)Cc1ccccc1. The highest BCUT2D eigenvalue weighted by Crippen LogP contribution is 2.22. The zero-order valence-electron chi connectivity index (χ0n) is 16.4. The molecule has 0 fully saturated rings. The van der Waals surface area contributed by atoms with Gasteiger partial charge in [-0.15, -0.1) is 0 Å². The Balaban J connectivity index is 1.88.